The van der Waals surface area contributed by atoms with Crippen LogP contribution in [0, 0.1) is 13.8 Å². The van der Waals surface area contributed by atoms with Crippen LogP contribution in [-0.4, -0.2) is 28.3 Å². The molecular formula is C20H21N3O5. The van der Waals surface area contributed by atoms with Crippen LogP contribution in [0.5, 0.6) is 11.5 Å². The number of furan rings is 1. The van der Waals surface area contributed by atoms with Crippen molar-refractivity contribution >= 4 is 11.9 Å². The summed E-state index contributed by atoms with van der Waals surface area (Å²) in [4.78, 5) is 12.2. The highest BCUT2D eigenvalue weighted by Gasteiger charge is 2.32. The van der Waals surface area contributed by atoms with Crippen LogP contribution in [0.3, 0.4) is 0 Å². The number of aromatic nitrogens is 2. The normalized spacial score (nSPS) is 14.4. The molecule has 3 heterocycles. The van der Waals surface area contributed by atoms with Gasteiger partial charge < -0.3 is 18.3 Å². The van der Waals surface area contributed by atoms with Crippen molar-refractivity contribution in [3.05, 3.63) is 41.3 Å². The summed E-state index contributed by atoms with van der Waals surface area (Å²) in [6.45, 7) is 7.46. The minimum Gasteiger partial charge on any atom is -0.483 e. The van der Waals surface area contributed by atoms with E-state index < -0.39 is 5.91 Å². The maximum atomic E-state index is 12.2. The van der Waals surface area contributed by atoms with Gasteiger partial charge in [0.2, 0.25) is 0 Å². The molecule has 0 bridgehead atoms. The van der Waals surface area contributed by atoms with E-state index in [0.717, 1.165) is 17.7 Å². The lowest BCUT2D eigenvalue weighted by Crippen LogP contribution is -2.25. The van der Waals surface area contributed by atoms with Gasteiger partial charge in [0.1, 0.15) is 17.1 Å². The smallest absolute Gasteiger partial charge is 0.322 e. The molecule has 0 saturated carbocycles. The van der Waals surface area contributed by atoms with Crippen molar-refractivity contribution in [2.24, 2.45) is 0 Å². The molecule has 0 aliphatic carbocycles. The van der Waals surface area contributed by atoms with Gasteiger partial charge in [0, 0.05) is 12.0 Å². The maximum Gasteiger partial charge on any atom is 0.322 e. The van der Waals surface area contributed by atoms with Gasteiger partial charge in [-0.15, -0.1) is 5.10 Å². The molecule has 0 saturated heterocycles. The molecule has 0 spiro atoms. The number of para-hydroxylation sites is 1. The van der Waals surface area contributed by atoms with E-state index in [-0.39, 0.29) is 24.1 Å². The summed E-state index contributed by atoms with van der Waals surface area (Å²) in [5.74, 6) is 2.50. The summed E-state index contributed by atoms with van der Waals surface area (Å²) < 4.78 is 22.5. The molecule has 1 N–H and O–H groups in total. The van der Waals surface area contributed by atoms with E-state index in [9.17, 15) is 4.79 Å². The number of benzene rings is 1. The Balaban J connectivity index is 1.39. The molecule has 0 atom stereocenters. The lowest BCUT2D eigenvalue weighted by Gasteiger charge is -2.18. The quantitative estimate of drug-likeness (QED) is 0.717. The van der Waals surface area contributed by atoms with E-state index in [0.29, 0.717) is 22.8 Å². The van der Waals surface area contributed by atoms with E-state index in [1.807, 2.05) is 32.9 Å². The molecule has 1 amide bonds. The fourth-order valence-electron chi connectivity index (χ4n) is 3.23. The molecule has 8 nitrogen and oxygen atoms in total. The zero-order valence-electron chi connectivity index (χ0n) is 16.2. The molecule has 0 fully saturated rings. The molecule has 0 unspecified atom stereocenters. The Kier molecular flexibility index (Phi) is 4.33. The minimum absolute atomic E-state index is 0.00229. The van der Waals surface area contributed by atoms with Gasteiger partial charge in [0.15, 0.2) is 18.1 Å². The van der Waals surface area contributed by atoms with Crippen molar-refractivity contribution in [1.82, 2.24) is 10.2 Å². The molecule has 8 heteroatoms. The first-order valence-electron chi connectivity index (χ1n) is 8.95. The largest absolute Gasteiger partial charge is 0.483 e. The third-order valence-electron chi connectivity index (χ3n) is 4.36. The first-order valence-corrected chi connectivity index (χ1v) is 8.95. The maximum absolute atomic E-state index is 12.2. The Hall–Kier alpha value is -3.29. The van der Waals surface area contributed by atoms with Crippen molar-refractivity contribution < 1.29 is 23.1 Å². The van der Waals surface area contributed by atoms with Gasteiger partial charge >= 0.3 is 6.01 Å². The predicted octanol–water partition coefficient (Wildman–Crippen LogP) is 3.68. The summed E-state index contributed by atoms with van der Waals surface area (Å²) in [5, 5.41) is 10.3. The number of amides is 1. The number of aryl methyl sites for hydroxylation is 2. The number of nitrogens with one attached hydrogen (secondary N) is 1. The van der Waals surface area contributed by atoms with E-state index >= 15 is 0 Å². The molecule has 3 aromatic rings. The lowest BCUT2D eigenvalue weighted by atomic mass is 10.0. The third-order valence-corrected chi connectivity index (χ3v) is 4.36. The molecule has 146 valence electrons. The van der Waals surface area contributed by atoms with Gasteiger partial charge in [-0.25, -0.2) is 0 Å². The Morgan fingerprint density at radius 1 is 1.25 bits per heavy atom. The van der Waals surface area contributed by atoms with Crippen molar-refractivity contribution in [1.29, 1.82) is 0 Å². The van der Waals surface area contributed by atoms with Gasteiger partial charge in [0.25, 0.3) is 11.8 Å². The van der Waals surface area contributed by atoms with Crippen LogP contribution >= 0.6 is 0 Å². The number of hydrogen-bond acceptors (Lipinski definition) is 7. The fraction of sp³-hybridized carbons (Fsp3) is 0.350. The van der Waals surface area contributed by atoms with Gasteiger partial charge in [0.05, 0.1) is 5.56 Å². The number of carbonyl (C=O) groups is 1. The highest BCUT2D eigenvalue weighted by molar-refractivity contribution is 5.90. The Morgan fingerprint density at radius 3 is 2.82 bits per heavy atom. The van der Waals surface area contributed by atoms with Gasteiger partial charge in [-0.05, 0) is 39.8 Å². The summed E-state index contributed by atoms with van der Waals surface area (Å²) >= 11 is 0. The highest BCUT2D eigenvalue weighted by atomic mass is 16.5. The molecule has 1 aliphatic heterocycles. The first kappa shape index (κ1) is 18.1. The van der Waals surface area contributed by atoms with E-state index in [1.165, 1.54) is 0 Å². The molecule has 4 rings (SSSR count). The third kappa shape index (κ3) is 3.58. The summed E-state index contributed by atoms with van der Waals surface area (Å²) in [6.07, 6.45) is 0.795. The SMILES string of the molecule is Cc1cc(-c2nnc(NC(=O)COc3cccc4c3OC(C)(C)C4)o2)c(C)o1. The van der Waals surface area contributed by atoms with Crippen molar-refractivity contribution in [3.8, 4) is 23.0 Å². The zero-order valence-corrected chi connectivity index (χ0v) is 16.2. The Labute approximate surface area is 161 Å². The number of carbonyl (C=O) groups excluding carboxylic acids is 1. The van der Waals surface area contributed by atoms with Crippen LogP contribution in [0.4, 0.5) is 6.01 Å². The Morgan fingerprint density at radius 2 is 2.07 bits per heavy atom. The average molecular weight is 383 g/mol. The van der Waals surface area contributed by atoms with Crippen molar-refractivity contribution in [2.45, 2.75) is 39.7 Å². The van der Waals surface area contributed by atoms with E-state index in [4.69, 9.17) is 18.3 Å². The second-order valence-corrected chi connectivity index (χ2v) is 7.36. The number of nitrogens with zero attached hydrogens (tertiary/aromatic N) is 2. The topological polar surface area (TPSA) is 99.6 Å². The molecule has 28 heavy (non-hydrogen) atoms. The van der Waals surface area contributed by atoms with Crippen LogP contribution in [0.25, 0.3) is 11.5 Å². The monoisotopic (exact) mass is 383 g/mol. The highest BCUT2D eigenvalue weighted by Crippen LogP contribution is 2.41. The van der Waals surface area contributed by atoms with Gasteiger partial charge in [-0.1, -0.05) is 17.2 Å². The number of hydrogen-bond donors (Lipinski definition) is 1. The van der Waals surface area contributed by atoms with Gasteiger partial charge in [-0.2, -0.15) is 0 Å². The molecule has 1 aliphatic rings. The van der Waals surface area contributed by atoms with Crippen LogP contribution in [-0.2, 0) is 11.2 Å². The predicted molar refractivity (Wildman–Crippen MR) is 100 cm³/mol. The number of ether oxygens (including phenoxy) is 2. The molecular weight excluding hydrogens is 362 g/mol. The summed E-state index contributed by atoms with van der Waals surface area (Å²) in [6, 6.07) is 7.46. The number of rotatable bonds is 5. The molecule has 1 aromatic carbocycles. The van der Waals surface area contributed by atoms with Crippen LogP contribution in [0.1, 0.15) is 30.9 Å². The zero-order chi connectivity index (χ0) is 19.9. The minimum atomic E-state index is -0.412. The van der Waals surface area contributed by atoms with Crippen LogP contribution < -0.4 is 14.8 Å². The second kappa shape index (κ2) is 6.70. The Bertz CT molecular complexity index is 1030. The first-order chi connectivity index (χ1) is 13.3. The van der Waals surface area contributed by atoms with Crippen LogP contribution in [0.2, 0.25) is 0 Å². The summed E-state index contributed by atoms with van der Waals surface area (Å²) in [5.41, 5.74) is 1.48. The summed E-state index contributed by atoms with van der Waals surface area (Å²) in [7, 11) is 0. The van der Waals surface area contributed by atoms with E-state index in [1.54, 1.807) is 19.1 Å². The number of anilines is 1. The van der Waals surface area contributed by atoms with Crippen molar-refractivity contribution in [2.75, 3.05) is 11.9 Å². The molecule has 0 radical (unpaired) electrons. The average Bonchev–Trinajstić information content (AvgIpc) is 3.28. The standard InChI is InChI=1S/C20H21N3O5/c1-11-8-14(12(2)26-11)18-22-23-19(27-18)21-16(24)10-25-15-7-5-6-13-9-20(3,4)28-17(13)15/h5-8H,9-10H2,1-4H3,(H,21,23,24). The number of fused-ring (bicyclic) bond motifs is 1. The van der Waals surface area contributed by atoms with Crippen LogP contribution in [0.15, 0.2) is 33.1 Å². The second-order valence-electron chi connectivity index (χ2n) is 7.36. The molecule has 2 aromatic heterocycles. The van der Waals surface area contributed by atoms with E-state index in [2.05, 4.69) is 15.5 Å². The van der Waals surface area contributed by atoms with Gasteiger partial charge in [-0.3, -0.25) is 10.1 Å². The van der Waals surface area contributed by atoms with Crippen molar-refractivity contribution in [3.63, 3.8) is 0 Å². The fourth-order valence-corrected chi connectivity index (χ4v) is 3.23. The lowest BCUT2D eigenvalue weighted by molar-refractivity contribution is -0.118.